The van der Waals surface area contributed by atoms with E-state index in [1.807, 2.05) is 0 Å². The number of esters is 1. The average Bonchev–Trinajstić information content (AvgIpc) is 3.16. The van der Waals surface area contributed by atoms with Crippen LogP contribution in [0.1, 0.15) is 39.0 Å². The van der Waals surface area contributed by atoms with Crippen LogP contribution in [0.3, 0.4) is 0 Å². The van der Waals surface area contributed by atoms with Gasteiger partial charge in [-0.1, -0.05) is 0 Å². The van der Waals surface area contributed by atoms with Gasteiger partial charge in [0.15, 0.2) is 0 Å². The van der Waals surface area contributed by atoms with Crippen molar-refractivity contribution in [2.45, 2.75) is 64.7 Å². The van der Waals surface area contributed by atoms with Crippen molar-refractivity contribution in [3.8, 4) is 5.75 Å². The summed E-state index contributed by atoms with van der Waals surface area (Å²) >= 11 is 0. The quantitative estimate of drug-likeness (QED) is 0.306. The van der Waals surface area contributed by atoms with Gasteiger partial charge in [-0.2, -0.15) is 5.09 Å². The molecule has 1 aliphatic heterocycles. The average molecular weight is 529 g/mol. The maximum atomic E-state index is 13.5. The molecule has 1 aromatic carbocycles. The van der Waals surface area contributed by atoms with Crippen LogP contribution in [0.4, 0.5) is 4.39 Å². The highest BCUT2D eigenvalue weighted by Crippen LogP contribution is 2.46. The fraction of sp³-hybridized carbons (Fsp3) is 0.500. The van der Waals surface area contributed by atoms with Gasteiger partial charge in [-0.15, -0.1) is 0 Å². The van der Waals surface area contributed by atoms with Gasteiger partial charge in [0.05, 0.1) is 18.8 Å². The number of carbonyl (C=O) groups excluding carboxylic acids is 1. The van der Waals surface area contributed by atoms with E-state index in [9.17, 15) is 28.4 Å². The third-order valence-electron chi connectivity index (χ3n) is 5.17. The van der Waals surface area contributed by atoms with Gasteiger partial charge in [0.2, 0.25) is 0 Å². The van der Waals surface area contributed by atoms with Gasteiger partial charge in [-0.3, -0.25) is 23.7 Å². The van der Waals surface area contributed by atoms with Crippen molar-refractivity contribution in [3.05, 3.63) is 62.7 Å². The predicted octanol–water partition coefficient (Wildman–Crippen LogP) is 1.77. The number of H-pyrrole nitrogens is 1. The normalized spacial score (nSPS) is 22.2. The Hall–Kier alpha value is -2.83. The number of carbonyl (C=O) groups is 1. The number of ether oxygens (including phenoxy) is 2. The largest absolute Gasteiger partial charge is 0.462 e. The zero-order valence-electron chi connectivity index (χ0n) is 20.2. The predicted molar refractivity (Wildman–Crippen MR) is 125 cm³/mol. The highest BCUT2D eigenvalue weighted by Gasteiger charge is 2.39. The summed E-state index contributed by atoms with van der Waals surface area (Å²) in [6.07, 6.45) is -2.17. The molecule has 2 aromatic rings. The molecule has 2 heterocycles. The number of nitrogens with one attached hydrogen (secondary N) is 2. The van der Waals surface area contributed by atoms with Crippen molar-refractivity contribution >= 4 is 13.7 Å². The van der Waals surface area contributed by atoms with Gasteiger partial charge in [-0.25, -0.2) is 13.8 Å². The molecule has 36 heavy (non-hydrogen) atoms. The molecular weight excluding hydrogens is 500 g/mol. The van der Waals surface area contributed by atoms with Gasteiger partial charge in [0, 0.05) is 18.2 Å². The van der Waals surface area contributed by atoms with Crippen molar-refractivity contribution < 1.29 is 37.4 Å². The number of nitrogens with zero attached hydrogens (tertiary/aromatic N) is 1. The number of aliphatic hydroxyl groups is 1. The molecule has 1 aliphatic rings. The zero-order valence-corrected chi connectivity index (χ0v) is 21.1. The van der Waals surface area contributed by atoms with Crippen LogP contribution in [0.5, 0.6) is 5.75 Å². The summed E-state index contributed by atoms with van der Waals surface area (Å²) in [7, 11) is -4.28. The maximum absolute atomic E-state index is 13.5. The number of hydrogen-bond acceptors (Lipinski definition) is 9. The van der Waals surface area contributed by atoms with Crippen LogP contribution in [0.25, 0.3) is 0 Å². The van der Waals surface area contributed by atoms with Crippen LogP contribution in [-0.2, 0) is 23.4 Å². The maximum Gasteiger partial charge on any atom is 0.459 e. The molecule has 2 unspecified atom stereocenters. The minimum absolute atomic E-state index is 0.00214. The van der Waals surface area contributed by atoms with E-state index in [1.165, 1.54) is 32.2 Å². The number of aromatic nitrogens is 2. The first kappa shape index (κ1) is 27.8. The van der Waals surface area contributed by atoms with Crippen LogP contribution in [0, 0.1) is 12.7 Å². The van der Waals surface area contributed by atoms with Crippen molar-refractivity contribution in [3.63, 3.8) is 0 Å². The lowest BCUT2D eigenvalue weighted by molar-refractivity contribution is -0.149. The second-order valence-corrected chi connectivity index (χ2v) is 10.3. The monoisotopic (exact) mass is 529 g/mol. The van der Waals surface area contributed by atoms with E-state index in [0.29, 0.717) is 0 Å². The van der Waals surface area contributed by atoms with Gasteiger partial charge < -0.3 is 19.1 Å². The summed E-state index contributed by atoms with van der Waals surface area (Å²) in [5.41, 5.74) is -0.977. The van der Waals surface area contributed by atoms with E-state index >= 15 is 0 Å². The van der Waals surface area contributed by atoms with E-state index < -0.39 is 68.0 Å². The van der Waals surface area contributed by atoms with Crippen molar-refractivity contribution in [1.29, 1.82) is 0 Å². The molecule has 1 aromatic heterocycles. The lowest BCUT2D eigenvalue weighted by Crippen LogP contribution is -2.37. The minimum atomic E-state index is -4.28. The lowest BCUT2D eigenvalue weighted by atomic mass is 10.2. The standard InChI is InChI=1S/C22H29FN3O9P/c1-12(2)33-21(29)14(4)25-36(31,35-16-7-5-15(23)6-8-16)32-11-18-17(27)9-19(34-18)26-10-13(3)20(28)24-22(26)30/h5-8,10,12,14,17-19,27H,9,11H2,1-4H3,(H,25,31)(H,24,28,30)/t14-,17?,18+,19+,36?/m0/s1. The fourth-order valence-electron chi connectivity index (χ4n) is 3.36. The Bertz CT molecular complexity index is 1230. The second-order valence-electron chi connectivity index (χ2n) is 8.59. The molecule has 3 rings (SSSR count). The Labute approximate surface area is 205 Å². The molecule has 14 heteroatoms. The molecule has 198 valence electrons. The van der Waals surface area contributed by atoms with Crippen LogP contribution in [0.2, 0.25) is 0 Å². The van der Waals surface area contributed by atoms with Crippen LogP contribution in [0.15, 0.2) is 40.1 Å². The topological polar surface area (TPSA) is 158 Å². The number of rotatable bonds is 10. The number of aromatic amines is 1. The molecule has 0 aliphatic carbocycles. The summed E-state index contributed by atoms with van der Waals surface area (Å²) in [6, 6.07) is 3.53. The Morgan fingerprint density at radius 1 is 1.31 bits per heavy atom. The highest BCUT2D eigenvalue weighted by atomic mass is 31.2. The van der Waals surface area contributed by atoms with Gasteiger partial charge in [0.1, 0.15) is 29.9 Å². The number of hydrogen-bond donors (Lipinski definition) is 3. The molecule has 3 N–H and O–H groups in total. The lowest BCUT2D eigenvalue weighted by Gasteiger charge is -2.25. The van der Waals surface area contributed by atoms with Crippen LogP contribution >= 0.6 is 7.75 Å². The van der Waals surface area contributed by atoms with E-state index in [1.54, 1.807) is 13.8 Å². The Morgan fingerprint density at radius 2 is 1.97 bits per heavy atom. The summed E-state index contributed by atoms with van der Waals surface area (Å²) < 4.78 is 49.7. The van der Waals surface area contributed by atoms with E-state index in [2.05, 4.69) is 10.1 Å². The Kier molecular flexibility index (Phi) is 8.85. The van der Waals surface area contributed by atoms with Crippen LogP contribution < -0.4 is 20.9 Å². The number of aliphatic hydroxyl groups excluding tert-OH is 1. The number of benzene rings is 1. The molecule has 0 amide bonds. The summed E-state index contributed by atoms with van der Waals surface area (Å²) in [6.45, 7) is 5.77. The molecule has 0 spiro atoms. The van der Waals surface area contributed by atoms with E-state index in [4.69, 9.17) is 18.5 Å². The summed E-state index contributed by atoms with van der Waals surface area (Å²) in [5, 5.41) is 12.9. The Balaban J connectivity index is 1.75. The molecule has 0 radical (unpaired) electrons. The highest BCUT2D eigenvalue weighted by molar-refractivity contribution is 7.52. The van der Waals surface area contributed by atoms with E-state index in [0.717, 1.165) is 16.7 Å². The van der Waals surface area contributed by atoms with Crippen molar-refractivity contribution in [2.75, 3.05) is 6.61 Å². The second kappa shape index (κ2) is 11.5. The summed E-state index contributed by atoms with van der Waals surface area (Å²) in [4.78, 5) is 38.2. The number of aryl methyl sites for hydroxylation is 1. The first-order valence-corrected chi connectivity index (χ1v) is 12.7. The van der Waals surface area contributed by atoms with E-state index in [-0.39, 0.29) is 17.7 Å². The third kappa shape index (κ3) is 7.11. The summed E-state index contributed by atoms with van der Waals surface area (Å²) in [5.74, 6) is -1.25. The molecule has 1 saturated heterocycles. The molecule has 0 bridgehead atoms. The van der Waals surface area contributed by atoms with Gasteiger partial charge in [-0.05, 0) is 52.0 Å². The molecule has 5 atom stereocenters. The Morgan fingerprint density at radius 3 is 2.61 bits per heavy atom. The minimum Gasteiger partial charge on any atom is -0.462 e. The van der Waals surface area contributed by atoms with Gasteiger partial charge in [0.25, 0.3) is 5.56 Å². The zero-order chi connectivity index (χ0) is 26.6. The number of halogens is 1. The molecule has 0 saturated carbocycles. The first-order chi connectivity index (χ1) is 16.9. The van der Waals surface area contributed by atoms with Crippen LogP contribution in [-0.4, -0.2) is 51.6 Å². The van der Waals surface area contributed by atoms with Crippen molar-refractivity contribution in [1.82, 2.24) is 14.6 Å². The van der Waals surface area contributed by atoms with Crippen molar-refractivity contribution in [2.24, 2.45) is 0 Å². The van der Waals surface area contributed by atoms with Gasteiger partial charge >= 0.3 is 19.4 Å². The fourth-order valence-corrected chi connectivity index (χ4v) is 4.86. The SMILES string of the molecule is Cc1cn([C@H]2CC(O)[C@@H](COP(=O)(N[C@@H](C)C(=O)OC(C)C)Oc3ccc(F)cc3)O2)c(=O)[nH]c1=O. The molecule has 12 nitrogen and oxygen atoms in total. The third-order valence-corrected chi connectivity index (χ3v) is 6.81. The smallest absolute Gasteiger partial charge is 0.459 e. The first-order valence-electron chi connectivity index (χ1n) is 11.2. The molecule has 1 fully saturated rings. The molecular formula is C22H29FN3O9P.